The third-order valence-corrected chi connectivity index (χ3v) is 5.48. The van der Waals surface area contributed by atoms with Gasteiger partial charge in [-0.05, 0) is 37.8 Å². The first-order chi connectivity index (χ1) is 10.2. The Morgan fingerprint density at radius 3 is 2.81 bits per heavy atom. The molecule has 2 aliphatic rings. The van der Waals surface area contributed by atoms with Crippen molar-refractivity contribution in [3.8, 4) is 0 Å². The molecule has 4 nitrogen and oxygen atoms in total. The number of nitrogens with one attached hydrogen (secondary N) is 2. The molecule has 5 heteroatoms. The zero-order valence-corrected chi connectivity index (χ0v) is 14.0. The van der Waals surface area contributed by atoms with Gasteiger partial charge in [0.05, 0.1) is 6.54 Å². The quantitative estimate of drug-likeness (QED) is 0.662. The van der Waals surface area contributed by atoms with Gasteiger partial charge in [-0.15, -0.1) is 11.3 Å². The standard InChI is InChI=1S/C16H26N4S/c1-11-9-20(13-5-6-13)10-15(11)19-16(17-3)18-8-14-7-4-12(2)21-14/h4,7,11,13,15H,5-6,8-10H2,1-3H3,(H2,17,18,19). The minimum absolute atomic E-state index is 0.516. The van der Waals surface area contributed by atoms with Gasteiger partial charge >= 0.3 is 0 Å². The second-order valence-electron chi connectivity index (χ2n) is 6.35. The Morgan fingerprint density at radius 1 is 1.38 bits per heavy atom. The van der Waals surface area contributed by atoms with E-state index in [2.05, 4.69) is 46.5 Å². The van der Waals surface area contributed by atoms with Crippen LogP contribution >= 0.6 is 11.3 Å². The van der Waals surface area contributed by atoms with Crippen LogP contribution in [-0.2, 0) is 6.54 Å². The summed E-state index contributed by atoms with van der Waals surface area (Å²) in [6.45, 7) is 7.73. The van der Waals surface area contributed by atoms with Gasteiger partial charge in [-0.25, -0.2) is 0 Å². The summed E-state index contributed by atoms with van der Waals surface area (Å²) < 4.78 is 0. The molecule has 0 amide bonds. The van der Waals surface area contributed by atoms with Crippen LogP contribution < -0.4 is 10.6 Å². The zero-order valence-electron chi connectivity index (χ0n) is 13.2. The summed E-state index contributed by atoms with van der Waals surface area (Å²) in [7, 11) is 1.85. The number of likely N-dealkylation sites (tertiary alicyclic amines) is 1. The van der Waals surface area contributed by atoms with E-state index in [-0.39, 0.29) is 0 Å². The van der Waals surface area contributed by atoms with Crippen molar-refractivity contribution in [3.63, 3.8) is 0 Å². The molecule has 0 bridgehead atoms. The Labute approximate surface area is 131 Å². The van der Waals surface area contributed by atoms with E-state index in [0.717, 1.165) is 25.1 Å². The fourth-order valence-electron chi connectivity index (χ4n) is 3.05. The van der Waals surface area contributed by atoms with Gasteiger partial charge in [0, 0.05) is 42.0 Å². The van der Waals surface area contributed by atoms with Crippen LogP contribution in [0.5, 0.6) is 0 Å². The Kier molecular flexibility index (Phi) is 4.50. The summed E-state index contributed by atoms with van der Waals surface area (Å²) in [5.41, 5.74) is 0. The van der Waals surface area contributed by atoms with E-state index in [1.54, 1.807) is 0 Å². The highest BCUT2D eigenvalue weighted by Gasteiger charge is 2.38. The molecule has 3 rings (SSSR count). The summed E-state index contributed by atoms with van der Waals surface area (Å²) >= 11 is 1.84. The maximum absolute atomic E-state index is 4.37. The summed E-state index contributed by atoms with van der Waals surface area (Å²) in [4.78, 5) is 9.73. The van der Waals surface area contributed by atoms with Crippen molar-refractivity contribution in [1.29, 1.82) is 0 Å². The highest BCUT2D eigenvalue weighted by Crippen LogP contribution is 2.31. The normalized spacial score (nSPS) is 27.1. The second-order valence-corrected chi connectivity index (χ2v) is 7.72. The Balaban J connectivity index is 1.50. The average Bonchev–Trinajstić information content (AvgIpc) is 3.14. The number of guanidine groups is 1. The largest absolute Gasteiger partial charge is 0.352 e. The average molecular weight is 306 g/mol. The summed E-state index contributed by atoms with van der Waals surface area (Å²) in [5.74, 6) is 1.61. The monoisotopic (exact) mass is 306 g/mol. The Bertz CT molecular complexity index is 506. The van der Waals surface area contributed by atoms with Gasteiger partial charge in [-0.3, -0.25) is 9.89 Å². The Morgan fingerprint density at radius 2 is 2.19 bits per heavy atom. The SMILES string of the molecule is CN=C(NCc1ccc(C)s1)NC1CN(C2CC2)CC1C. The summed E-state index contributed by atoms with van der Waals surface area (Å²) in [6, 6.07) is 5.74. The van der Waals surface area contributed by atoms with E-state index in [4.69, 9.17) is 0 Å². The van der Waals surface area contributed by atoms with Crippen molar-refractivity contribution in [3.05, 3.63) is 21.9 Å². The van der Waals surface area contributed by atoms with Gasteiger partial charge in [0.2, 0.25) is 0 Å². The lowest BCUT2D eigenvalue weighted by atomic mass is 10.1. The number of hydrogen-bond donors (Lipinski definition) is 2. The highest BCUT2D eigenvalue weighted by molar-refractivity contribution is 7.11. The molecule has 1 saturated heterocycles. The molecule has 21 heavy (non-hydrogen) atoms. The van der Waals surface area contributed by atoms with Gasteiger partial charge in [0.1, 0.15) is 0 Å². The molecule has 1 saturated carbocycles. The third kappa shape index (κ3) is 3.77. The number of thiophene rings is 1. The van der Waals surface area contributed by atoms with Gasteiger partial charge in [-0.2, -0.15) is 0 Å². The molecule has 2 unspecified atom stereocenters. The molecule has 1 aromatic rings. The van der Waals surface area contributed by atoms with Crippen molar-refractivity contribution in [2.24, 2.45) is 10.9 Å². The maximum Gasteiger partial charge on any atom is 0.191 e. The minimum atomic E-state index is 0.516. The summed E-state index contributed by atoms with van der Waals surface area (Å²) in [6.07, 6.45) is 2.79. The van der Waals surface area contributed by atoms with Crippen molar-refractivity contribution < 1.29 is 0 Å². The van der Waals surface area contributed by atoms with E-state index in [0.29, 0.717) is 12.0 Å². The molecular weight excluding hydrogens is 280 g/mol. The molecular formula is C16H26N4S. The van der Waals surface area contributed by atoms with E-state index in [1.807, 2.05) is 18.4 Å². The molecule has 2 atom stereocenters. The van der Waals surface area contributed by atoms with Gasteiger partial charge in [-0.1, -0.05) is 6.92 Å². The number of hydrogen-bond acceptors (Lipinski definition) is 3. The highest BCUT2D eigenvalue weighted by atomic mass is 32.1. The van der Waals surface area contributed by atoms with E-state index in [9.17, 15) is 0 Å². The topological polar surface area (TPSA) is 39.7 Å². The molecule has 0 radical (unpaired) electrons. The molecule has 2 heterocycles. The predicted octanol–water partition coefficient (Wildman–Crippen LogP) is 2.20. The molecule has 116 valence electrons. The molecule has 0 spiro atoms. The lowest BCUT2D eigenvalue weighted by molar-refractivity contribution is 0.315. The van der Waals surface area contributed by atoms with Crippen LogP contribution in [0.15, 0.2) is 17.1 Å². The molecule has 1 aliphatic heterocycles. The molecule has 1 aliphatic carbocycles. The summed E-state index contributed by atoms with van der Waals surface area (Å²) in [5, 5.41) is 7.04. The van der Waals surface area contributed by atoms with Gasteiger partial charge < -0.3 is 10.6 Å². The smallest absolute Gasteiger partial charge is 0.191 e. The van der Waals surface area contributed by atoms with Gasteiger partial charge in [0.15, 0.2) is 5.96 Å². The lowest BCUT2D eigenvalue weighted by Gasteiger charge is -2.20. The molecule has 2 fully saturated rings. The van der Waals surface area contributed by atoms with E-state index >= 15 is 0 Å². The van der Waals surface area contributed by atoms with Crippen molar-refractivity contribution in [2.75, 3.05) is 20.1 Å². The minimum Gasteiger partial charge on any atom is -0.352 e. The first-order valence-corrected chi connectivity index (χ1v) is 8.74. The molecule has 2 N–H and O–H groups in total. The van der Waals surface area contributed by atoms with Crippen LogP contribution in [0.1, 0.15) is 29.5 Å². The predicted molar refractivity (Wildman–Crippen MR) is 89.9 cm³/mol. The third-order valence-electron chi connectivity index (χ3n) is 4.48. The number of rotatable bonds is 4. The lowest BCUT2D eigenvalue weighted by Crippen LogP contribution is -2.46. The number of aliphatic imine (C=N–C) groups is 1. The fraction of sp³-hybridized carbons (Fsp3) is 0.688. The molecule has 0 aromatic carbocycles. The number of aryl methyl sites for hydroxylation is 1. The van der Waals surface area contributed by atoms with Crippen LogP contribution in [-0.4, -0.2) is 43.1 Å². The van der Waals surface area contributed by atoms with Gasteiger partial charge in [0.25, 0.3) is 0 Å². The van der Waals surface area contributed by atoms with E-state index < -0.39 is 0 Å². The van der Waals surface area contributed by atoms with Crippen molar-refractivity contribution in [1.82, 2.24) is 15.5 Å². The van der Waals surface area contributed by atoms with Crippen LogP contribution in [0.25, 0.3) is 0 Å². The zero-order chi connectivity index (χ0) is 14.8. The maximum atomic E-state index is 4.37. The van der Waals surface area contributed by atoms with Crippen LogP contribution in [0, 0.1) is 12.8 Å². The Hall–Kier alpha value is -1.07. The van der Waals surface area contributed by atoms with E-state index in [1.165, 1.54) is 29.1 Å². The molecule has 1 aromatic heterocycles. The first kappa shape index (κ1) is 14.9. The van der Waals surface area contributed by atoms with Crippen LogP contribution in [0.2, 0.25) is 0 Å². The van der Waals surface area contributed by atoms with Crippen LogP contribution in [0.4, 0.5) is 0 Å². The first-order valence-electron chi connectivity index (χ1n) is 7.92. The fourth-order valence-corrected chi connectivity index (χ4v) is 3.88. The van der Waals surface area contributed by atoms with Crippen molar-refractivity contribution >= 4 is 17.3 Å². The van der Waals surface area contributed by atoms with Crippen LogP contribution in [0.3, 0.4) is 0 Å². The van der Waals surface area contributed by atoms with Crippen molar-refractivity contribution in [2.45, 2.75) is 45.3 Å². The second kappa shape index (κ2) is 6.36. The number of nitrogens with zero attached hydrogens (tertiary/aromatic N) is 2.